The molecule has 2 aliphatic rings. The van der Waals surface area contributed by atoms with Crippen LogP contribution >= 0.6 is 0 Å². The second kappa shape index (κ2) is 8.29. The molecule has 2 saturated heterocycles. The number of hydrogen-bond acceptors (Lipinski definition) is 4. The quantitative estimate of drug-likeness (QED) is 0.733. The van der Waals surface area contributed by atoms with Crippen LogP contribution < -0.4 is 4.90 Å². The molecule has 2 fully saturated rings. The van der Waals surface area contributed by atoms with E-state index in [1.807, 2.05) is 4.90 Å². The first kappa shape index (κ1) is 17.7. The number of carbonyl (C=O) groups is 2. The molecule has 0 atom stereocenters. The molecule has 0 bridgehead atoms. The summed E-state index contributed by atoms with van der Waals surface area (Å²) in [5.41, 5.74) is 1.00. The molecule has 0 aromatic heterocycles. The van der Waals surface area contributed by atoms with Crippen molar-refractivity contribution in [1.82, 2.24) is 14.7 Å². The van der Waals surface area contributed by atoms with Gasteiger partial charge in [0, 0.05) is 71.0 Å². The molecule has 6 nitrogen and oxygen atoms in total. The predicted molar refractivity (Wildman–Crippen MR) is 93.9 cm³/mol. The fourth-order valence-electron chi connectivity index (χ4n) is 3.37. The number of hydrogen-bond donors (Lipinski definition) is 0. The van der Waals surface area contributed by atoms with Gasteiger partial charge in [0.25, 0.3) is 0 Å². The molecule has 0 radical (unpaired) electrons. The number of piperazine rings is 2. The number of anilines is 1. The van der Waals surface area contributed by atoms with Crippen LogP contribution in [0.2, 0.25) is 0 Å². The lowest BCUT2D eigenvalue weighted by Gasteiger charge is -2.37. The number of carbonyl (C=O) groups excluding carboxylic acids is 2. The Balaban J connectivity index is 1.39. The van der Waals surface area contributed by atoms with E-state index >= 15 is 0 Å². The van der Waals surface area contributed by atoms with Crippen LogP contribution in [-0.4, -0.2) is 85.9 Å². The van der Waals surface area contributed by atoms with Gasteiger partial charge in [0.2, 0.25) is 12.3 Å². The summed E-state index contributed by atoms with van der Waals surface area (Å²) in [6, 6.07) is 6.51. The summed E-state index contributed by atoms with van der Waals surface area (Å²) in [5, 5.41) is 0. The molecule has 0 unspecified atom stereocenters. The monoisotopic (exact) mass is 348 g/mol. The van der Waals surface area contributed by atoms with Crippen molar-refractivity contribution in [2.75, 3.05) is 63.8 Å². The summed E-state index contributed by atoms with van der Waals surface area (Å²) in [7, 11) is 0. The van der Waals surface area contributed by atoms with Crippen molar-refractivity contribution in [3.05, 3.63) is 30.1 Å². The minimum atomic E-state index is -0.230. The molecular formula is C18H25FN4O2. The fourth-order valence-corrected chi connectivity index (χ4v) is 3.37. The van der Waals surface area contributed by atoms with E-state index in [1.54, 1.807) is 17.0 Å². The van der Waals surface area contributed by atoms with Crippen molar-refractivity contribution in [1.29, 1.82) is 0 Å². The fraction of sp³-hybridized carbons (Fsp3) is 0.556. The molecule has 1 aromatic carbocycles. The van der Waals surface area contributed by atoms with Gasteiger partial charge in [-0.3, -0.25) is 14.5 Å². The largest absolute Gasteiger partial charge is 0.368 e. The summed E-state index contributed by atoms with van der Waals surface area (Å²) < 4.78 is 13.0. The molecule has 0 saturated carbocycles. The molecule has 0 aliphatic carbocycles. The first-order valence-corrected chi connectivity index (χ1v) is 8.86. The highest BCUT2D eigenvalue weighted by Gasteiger charge is 2.22. The van der Waals surface area contributed by atoms with E-state index in [9.17, 15) is 14.0 Å². The Morgan fingerprint density at radius 1 is 0.960 bits per heavy atom. The Morgan fingerprint density at radius 3 is 2.20 bits per heavy atom. The lowest BCUT2D eigenvalue weighted by molar-refractivity contribution is -0.132. The number of rotatable bonds is 5. The van der Waals surface area contributed by atoms with Gasteiger partial charge < -0.3 is 14.7 Å². The Morgan fingerprint density at radius 2 is 1.60 bits per heavy atom. The van der Waals surface area contributed by atoms with Crippen molar-refractivity contribution in [3.63, 3.8) is 0 Å². The third-order valence-electron chi connectivity index (χ3n) is 5.02. The van der Waals surface area contributed by atoms with Gasteiger partial charge in [-0.15, -0.1) is 0 Å². The van der Waals surface area contributed by atoms with Crippen LogP contribution in [0.1, 0.15) is 6.42 Å². The average molecular weight is 348 g/mol. The summed E-state index contributed by atoms with van der Waals surface area (Å²) in [6.07, 6.45) is 1.42. The molecule has 2 aliphatic heterocycles. The maximum Gasteiger partial charge on any atom is 0.223 e. The minimum Gasteiger partial charge on any atom is -0.368 e. The maximum absolute atomic E-state index is 13.0. The van der Waals surface area contributed by atoms with Crippen LogP contribution in [-0.2, 0) is 9.59 Å². The highest BCUT2D eigenvalue weighted by molar-refractivity contribution is 5.76. The van der Waals surface area contributed by atoms with E-state index in [0.717, 1.165) is 57.9 Å². The van der Waals surface area contributed by atoms with E-state index in [-0.39, 0.29) is 11.7 Å². The van der Waals surface area contributed by atoms with Crippen LogP contribution in [0.4, 0.5) is 10.1 Å². The van der Waals surface area contributed by atoms with E-state index in [1.165, 1.54) is 12.1 Å². The Bertz CT molecular complexity index is 579. The van der Waals surface area contributed by atoms with E-state index < -0.39 is 0 Å². The van der Waals surface area contributed by atoms with Gasteiger partial charge in [-0.2, -0.15) is 0 Å². The van der Waals surface area contributed by atoms with E-state index in [4.69, 9.17) is 0 Å². The second-order valence-electron chi connectivity index (χ2n) is 6.58. The summed E-state index contributed by atoms with van der Waals surface area (Å²) >= 11 is 0. The molecule has 1 aromatic rings. The maximum atomic E-state index is 13.0. The molecule has 0 spiro atoms. The summed E-state index contributed by atoms with van der Waals surface area (Å²) in [4.78, 5) is 31.2. The Hall–Kier alpha value is -2.15. The third kappa shape index (κ3) is 4.69. The van der Waals surface area contributed by atoms with Gasteiger partial charge in [-0.1, -0.05) is 0 Å². The topological polar surface area (TPSA) is 47.1 Å². The number of benzene rings is 1. The highest BCUT2D eigenvalue weighted by Crippen LogP contribution is 2.17. The van der Waals surface area contributed by atoms with Crippen LogP contribution in [0.15, 0.2) is 24.3 Å². The molecule has 0 N–H and O–H groups in total. The number of nitrogens with zero attached hydrogens (tertiary/aromatic N) is 4. The lowest BCUT2D eigenvalue weighted by atomic mass is 10.2. The summed E-state index contributed by atoms with van der Waals surface area (Å²) in [6.45, 7) is 6.87. The molecule has 2 amide bonds. The molecule has 25 heavy (non-hydrogen) atoms. The number of amides is 2. The van der Waals surface area contributed by atoms with E-state index in [0.29, 0.717) is 19.5 Å². The van der Waals surface area contributed by atoms with Crippen molar-refractivity contribution in [2.45, 2.75) is 6.42 Å². The third-order valence-corrected chi connectivity index (χ3v) is 5.02. The zero-order valence-electron chi connectivity index (χ0n) is 14.4. The predicted octanol–water partition coefficient (Wildman–Crippen LogP) is 0.638. The first-order chi connectivity index (χ1) is 12.2. The lowest BCUT2D eigenvalue weighted by Crippen LogP contribution is -2.50. The first-order valence-electron chi connectivity index (χ1n) is 8.86. The zero-order valence-corrected chi connectivity index (χ0v) is 14.4. The standard InChI is InChI=1S/C18H25FN4O2/c19-16-1-3-17(4-2-16)22-11-13-23(14-12-22)18(25)5-6-20-7-9-21(15-24)10-8-20/h1-4,15H,5-14H2. The molecule has 136 valence electrons. The van der Waals surface area contributed by atoms with Crippen LogP contribution in [0.25, 0.3) is 0 Å². The summed E-state index contributed by atoms with van der Waals surface area (Å²) in [5.74, 6) is -0.0388. The zero-order chi connectivity index (χ0) is 17.6. The van der Waals surface area contributed by atoms with E-state index in [2.05, 4.69) is 9.80 Å². The van der Waals surface area contributed by atoms with Crippen molar-refractivity contribution in [2.24, 2.45) is 0 Å². The van der Waals surface area contributed by atoms with Crippen LogP contribution in [0, 0.1) is 5.82 Å². The second-order valence-corrected chi connectivity index (χ2v) is 6.58. The number of halogens is 1. The van der Waals surface area contributed by atoms with Gasteiger partial charge in [-0.25, -0.2) is 4.39 Å². The van der Waals surface area contributed by atoms with Gasteiger partial charge in [0.05, 0.1) is 0 Å². The normalized spacial score (nSPS) is 19.2. The molecule has 2 heterocycles. The molecular weight excluding hydrogens is 323 g/mol. The molecule has 7 heteroatoms. The smallest absolute Gasteiger partial charge is 0.223 e. The highest BCUT2D eigenvalue weighted by atomic mass is 19.1. The Kier molecular flexibility index (Phi) is 5.86. The minimum absolute atomic E-state index is 0.191. The van der Waals surface area contributed by atoms with Gasteiger partial charge in [0.1, 0.15) is 5.82 Å². The van der Waals surface area contributed by atoms with Gasteiger partial charge >= 0.3 is 0 Å². The average Bonchev–Trinajstić information content (AvgIpc) is 2.67. The van der Waals surface area contributed by atoms with Crippen molar-refractivity contribution < 1.29 is 14.0 Å². The Labute approximate surface area is 147 Å². The van der Waals surface area contributed by atoms with Crippen molar-refractivity contribution >= 4 is 18.0 Å². The van der Waals surface area contributed by atoms with Crippen LogP contribution in [0.5, 0.6) is 0 Å². The van der Waals surface area contributed by atoms with Crippen LogP contribution in [0.3, 0.4) is 0 Å². The SMILES string of the molecule is O=CN1CCN(CCC(=O)N2CCN(c3ccc(F)cc3)CC2)CC1. The van der Waals surface area contributed by atoms with Gasteiger partial charge in [0.15, 0.2) is 0 Å². The van der Waals surface area contributed by atoms with Crippen molar-refractivity contribution in [3.8, 4) is 0 Å². The van der Waals surface area contributed by atoms with Gasteiger partial charge in [-0.05, 0) is 24.3 Å². The molecule has 3 rings (SSSR count).